The molecule has 0 bridgehead atoms. The Morgan fingerprint density at radius 2 is 2.00 bits per heavy atom. The summed E-state index contributed by atoms with van der Waals surface area (Å²) in [6, 6.07) is 0. The fraction of sp³-hybridized carbons (Fsp3) is 0.545. The van der Waals surface area contributed by atoms with Crippen molar-refractivity contribution in [3.8, 4) is 0 Å². The van der Waals surface area contributed by atoms with Crippen molar-refractivity contribution in [2.24, 2.45) is 0 Å². The lowest BCUT2D eigenvalue weighted by molar-refractivity contribution is -0.132. The topological polar surface area (TPSA) is 43.4 Å². The number of allylic oxidation sites excluding steroid dienone is 1. The molecule has 0 radical (unpaired) electrons. The molecular formula is C11H14O3S. The smallest absolute Gasteiger partial charge is 0.352 e. The van der Waals surface area contributed by atoms with Crippen LogP contribution >= 0.6 is 0 Å². The second kappa shape index (κ2) is 4.31. The minimum absolute atomic E-state index is 0.128. The lowest BCUT2D eigenvalue weighted by Crippen LogP contribution is -2.21. The Morgan fingerprint density at radius 1 is 1.33 bits per heavy atom. The highest BCUT2D eigenvalue weighted by molar-refractivity contribution is 7.90. The molecule has 3 nitrogen and oxygen atoms in total. The highest BCUT2D eigenvalue weighted by atomic mass is 32.2. The van der Waals surface area contributed by atoms with Gasteiger partial charge in [-0.25, -0.2) is 4.79 Å². The molecule has 0 saturated heterocycles. The summed E-state index contributed by atoms with van der Waals surface area (Å²) >= 11 is 0. The first-order valence-electron chi connectivity index (χ1n) is 5.22. The predicted molar refractivity (Wildman–Crippen MR) is 58.3 cm³/mol. The third-order valence-electron chi connectivity index (χ3n) is 2.79. The second-order valence-corrected chi connectivity index (χ2v) is 5.62. The van der Waals surface area contributed by atoms with Crippen LogP contribution in [0.3, 0.4) is 0 Å². The number of rotatable bonds is 2. The van der Waals surface area contributed by atoms with Crippen LogP contribution in [0.25, 0.3) is 0 Å². The van der Waals surface area contributed by atoms with Gasteiger partial charge in [0.25, 0.3) is 0 Å². The van der Waals surface area contributed by atoms with E-state index in [1.807, 2.05) is 0 Å². The summed E-state index contributed by atoms with van der Waals surface area (Å²) in [5.41, 5.74) is 0. The fourth-order valence-corrected chi connectivity index (χ4v) is 3.58. The van der Waals surface area contributed by atoms with Gasteiger partial charge < -0.3 is 4.74 Å². The van der Waals surface area contributed by atoms with Gasteiger partial charge in [-0.3, -0.25) is 4.21 Å². The van der Waals surface area contributed by atoms with E-state index in [4.69, 9.17) is 4.74 Å². The number of cyclic esters (lactones) is 1. The van der Waals surface area contributed by atoms with Crippen molar-refractivity contribution < 1.29 is 13.7 Å². The summed E-state index contributed by atoms with van der Waals surface area (Å²) in [4.78, 5) is 11.6. The maximum atomic E-state index is 12.1. The van der Waals surface area contributed by atoms with Gasteiger partial charge in [0, 0.05) is 11.3 Å². The Bertz CT molecular complexity index is 351. The molecule has 1 heterocycles. The summed E-state index contributed by atoms with van der Waals surface area (Å²) in [6.07, 6.45) is 6.84. The molecule has 0 spiro atoms. The second-order valence-electron chi connectivity index (χ2n) is 3.92. The van der Waals surface area contributed by atoms with Crippen molar-refractivity contribution in [3.05, 3.63) is 23.3 Å². The SMILES string of the molecule is C=C1C=C(S(=O)C2CCCCC2)C(=O)O1. The molecule has 0 aromatic rings. The Hall–Kier alpha value is -0.900. The van der Waals surface area contributed by atoms with E-state index in [0.29, 0.717) is 10.7 Å². The quantitative estimate of drug-likeness (QED) is 0.677. The summed E-state index contributed by atoms with van der Waals surface area (Å²) < 4.78 is 16.8. The Balaban J connectivity index is 2.10. The molecule has 2 aliphatic rings. The van der Waals surface area contributed by atoms with E-state index in [-0.39, 0.29) is 5.25 Å². The minimum Gasteiger partial charge on any atom is -0.423 e. The molecule has 4 heteroatoms. The van der Waals surface area contributed by atoms with Crippen LogP contribution < -0.4 is 0 Å². The number of esters is 1. The first-order valence-corrected chi connectivity index (χ1v) is 6.43. The van der Waals surface area contributed by atoms with Gasteiger partial charge in [0.05, 0.1) is 10.8 Å². The number of carbonyl (C=O) groups excluding carboxylic acids is 1. The van der Waals surface area contributed by atoms with Crippen LogP contribution in [0.2, 0.25) is 0 Å². The van der Waals surface area contributed by atoms with Gasteiger partial charge in [0.1, 0.15) is 10.7 Å². The highest BCUT2D eigenvalue weighted by Gasteiger charge is 2.31. The zero-order valence-corrected chi connectivity index (χ0v) is 9.35. The summed E-state index contributed by atoms with van der Waals surface area (Å²) in [5.74, 6) is -0.178. The molecular weight excluding hydrogens is 212 g/mol. The monoisotopic (exact) mass is 226 g/mol. The van der Waals surface area contributed by atoms with Crippen LogP contribution in [-0.2, 0) is 20.3 Å². The number of hydrogen-bond acceptors (Lipinski definition) is 3. The maximum absolute atomic E-state index is 12.1. The fourth-order valence-electron chi connectivity index (χ4n) is 2.00. The van der Waals surface area contributed by atoms with Crippen molar-refractivity contribution in [2.75, 3.05) is 0 Å². The molecule has 1 aliphatic heterocycles. The van der Waals surface area contributed by atoms with Gasteiger partial charge in [-0.2, -0.15) is 0 Å². The molecule has 82 valence electrons. The molecule has 15 heavy (non-hydrogen) atoms. The average Bonchev–Trinajstić information content (AvgIpc) is 2.58. The first-order chi connectivity index (χ1) is 7.18. The summed E-state index contributed by atoms with van der Waals surface area (Å²) in [7, 11) is -1.21. The van der Waals surface area contributed by atoms with Crippen LogP contribution in [0, 0.1) is 0 Å². The van der Waals surface area contributed by atoms with Crippen molar-refractivity contribution in [3.63, 3.8) is 0 Å². The van der Waals surface area contributed by atoms with E-state index in [9.17, 15) is 9.00 Å². The Labute approximate surface area is 91.6 Å². The van der Waals surface area contributed by atoms with E-state index in [0.717, 1.165) is 25.7 Å². The van der Waals surface area contributed by atoms with E-state index >= 15 is 0 Å². The van der Waals surface area contributed by atoms with Crippen LogP contribution in [0.15, 0.2) is 23.3 Å². The van der Waals surface area contributed by atoms with Gasteiger partial charge in [0.15, 0.2) is 0 Å². The summed E-state index contributed by atoms with van der Waals surface area (Å²) in [5, 5.41) is 0.128. The largest absolute Gasteiger partial charge is 0.423 e. The van der Waals surface area contributed by atoms with Crippen LogP contribution in [0.5, 0.6) is 0 Å². The van der Waals surface area contributed by atoms with Crippen LogP contribution in [-0.4, -0.2) is 15.4 Å². The number of ether oxygens (including phenoxy) is 1. The third-order valence-corrected chi connectivity index (χ3v) is 4.58. The predicted octanol–water partition coefficient (Wildman–Crippen LogP) is 2.02. The van der Waals surface area contributed by atoms with E-state index in [1.165, 1.54) is 12.5 Å². The van der Waals surface area contributed by atoms with Gasteiger partial charge in [-0.15, -0.1) is 0 Å². The average molecular weight is 226 g/mol. The van der Waals surface area contributed by atoms with E-state index < -0.39 is 16.8 Å². The van der Waals surface area contributed by atoms with Gasteiger partial charge >= 0.3 is 5.97 Å². The number of carbonyl (C=O) groups is 1. The van der Waals surface area contributed by atoms with Crippen molar-refractivity contribution in [1.82, 2.24) is 0 Å². The van der Waals surface area contributed by atoms with Crippen molar-refractivity contribution in [1.29, 1.82) is 0 Å². The third kappa shape index (κ3) is 2.20. The Morgan fingerprint density at radius 3 is 2.53 bits per heavy atom. The molecule has 1 unspecified atom stereocenters. The molecule has 0 aromatic heterocycles. The van der Waals surface area contributed by atoms with Crippen molar-refractivity contribution in [2.45, 2.75) is 37.4 Å². The summed E-state index contributed by atoms with van der Waals surface area (Å²) in [6.45, 7) is 3.53. The van der Waals surface area contributed by atoms with E-state index in [1.54, 1.807) is 0 Å². The van der Waals surface area contributed by atoms with Gasteiger partial charge in [-0.05, 0) is 12.8 Å². The lowest BCUT2D eigenvalue weighted by atomic mass is 10.0. The van der Waals surface area contributed by atoms with E-state index in [2.05, 4.69) is 6.58 Å². The zero-order valence-electron chi connectivity index (χ0n) is 8.53. The molecule has 1 aliphatic carbocycles. The highest BCUT2D eigenvalue weighted by Crippen LogP contribution is 2.28. The Kier molecular flexibility index (Phi) is 3.05. The minimum atomic E-state index is -1.21. The standard InChI is InChI=1S/C11H14O3S/c1-8-7-10(11(12)14-8)15(13)9-5-3-2-4-6-9/h7,9H,1-6H2. The maximum Gasteiger partial charge on any atom is 0.352 e. The van der Waals surface area contributed by atoms with Gasteiger partial charge in [-0.1, -0.05) is 25.8 Å². The normalized spacial score (nSPS) is 24.9. The van der Waals surface area contributed by atoms with Crippen LogP contribution in [0.4, 0.5) is 0 Å². The van der Waals surface area contributed by atoms with Gasteiger partial charge in [0.2, 0.25) is 0 Å². The molecule has 1 saturated carbocycles. The molecule has 1 atom stereocenters. The molecule has 0 amide bonds. The zero-order chi connectivity index (χ0) is 10.8. The molecule has 2 rings (SSSR count). The first kappa shape index (κ1) is 10.6. The van der Waals surface area contributed by atoms with Crippen molar-refractivity contribution >= 4 is 16.8 Å². The molecule has 0 aromatic carbocycles. The lowest BCUT2D eigenvalue weighted by Gasteiger charge is -2.20. The molecule has 0 N–H and O–H groups in total. The number of hydrogen-bond donors (Lipinski definition) is 0. The molecule has 1 fully saturated rings. The van der Waals surface area contributed by atoms with Crippen LogP contribution in [0.1, 0.15) is 32.1 Å².